The molecule has 0 radical (unpaired) electrons. The van der Waals surface area contributed by atoms with Gasteiger partial charge in [0.25, 0.3) is 10.1 Å². The number of nitrogen functional groups attached to an aromatic ring is 1. The van der Waals surface area contributed by atoms with E-state index < -0.39 is 10.1 Å². The van der Waals surface area contributed by atoms with E-state index in [0.29, 0.717) is 29.7 Å². The minimum atomic E-state index is -4.19. The van der Waals surface area contributed by atoms with Crippen molar-refractivity contribution in [3.63, 3.8) is 0 Å². The number of nitrogens with two attached hydrogens (primary N) is 1. The molecule has 0 aliphatic carbocycles. The van der Waals surface area contributed by atoms with Gasteiger partial charge in [0.05, 0.1) is 0 Å². The quantitative estimate of drug-likeness (QED) is 0.610. The van der Waals surface area contributed by atoms with Crippen LogP contribution in [0.15, 0.2) is 17.0 Å². The maximum atomic E-state index is 11.2. The summed E-state index contributed by atoms with van der Waals surface area (Å²) >= 11 is 0. The number of benzene rings is 1. The van der Waals surface area contributed by atoms with Crippen molar-refractivity contribution >= 4 is 15.8 Å². The average molecular weight is 229 g/mol. The van der Waals surface area contributed by atoms with Crippen molar-refractivity contribution in [2.45, 2.75) is 31.6 Å². The van der Waals surface area contributed by atoms with Crippen molar-refractivity contribution in [2.24, 2.45) is 0 Å². The van der Waals surface area contributed by atoms with Gasteiger partial charge in [0, 0.05) is 5.69 Å². The van der Waals surface area contributed by atoms with Crippen LogP contribution in [0.1, 0.15) is 25.0 Å². The molecule has 0 saturated heterocycles. The highest BCUT2D eigenvalue weighted by Crippen LogP contribution is 2.26. The Bertz CT molecular complexity index is 466. The Kier molecular flexibility index (Phi) is 3.36. The molecule has 1 aromatic carbocycles. The van der Waals surface area contributed by atoms with Gasteiger partial charge in [-0.15, -0.1) is 0 Å². The summed E-state index contributed by atoms with van der Waals surface area (Å²) < 4.78 is 31.6. The number of hydrogen-bond acceptors (Lipinski definition) is 3. The van der Waals surface area contributed by atoms with Gasteiger partial charge in [-0.05, 0) is 30.0 Å². The molecule has 0 spiro atoms. The lowest BCUT2D eigenvalue weighted by Crippen LogP contribution is -2.09. The predicted molar refractivity (Wildman–Crippen MR) is 59.4 cm³/mol. The van der Waals surface area contributed by atoms with Crippen LogP contribution in [0.2, 0.25) is 0 Å². The van der Waals surface area contributed by atoms with Gasteiger partial charge in [-0.1, -0.05) is 19.9 Å². The van der Waals surface area contributed by atoms with E-state index in [1.807, 2.05) is 6.92 Å². The molecule has 0 atom stereocenters. The molecule has 0 saturated carbocycles. The van der Waals surface area contributed by atoms with E-state index in [4.69, 9.17) is 10.3 Å². The second-order valence-electron chi connectivity index (χ2n) is 3.30. The van der Waals surface area contributed by atoms with E-state index in [1.165, 1.54) is 0 Å². The molecular formula is C10H15NO3S. The fourth-order valence-electron chi connectivity index (χ4n) is 1.66. The van der Waals surface area contributed by atoms with Crippen LogP contribution in [-0.2, 0) is 23.0 Å². The Morgan fingerprint density at radius 2 is 1.87 bits per heavy atom. The molecule has 0 bridgehead atoms. The third-order valence-electron chi connectivity index (χ3n) is 2.37. The van der Waals surface area contributed by atoms with Gasteiger partial charge in [0.2, 0.25) is 0 Å². The van der Waals surface area contributed by atoms with Crippen LogP contribution in [0.4, 0.5) is 5.69 Å². The van der Waals surface area contributed by atoms with Gasteiger partial charge >= 0.3 is 0 Å². The first-order valence-electron chi connectivity index (χ1n) is 4.79. The summed E-state index contributed by atoms with van der Waals surface area (Å²) in [6, 6.07) is 3.31. The van der Waals surface area contributed by atoms with E-state index in [2.05, 4.69) is 0 Å². The highest BCUT2D eigenvalue weighted by atomic mass is 32.2. The topological polar surface area (TPSA) is 80.4 Å². The third kappa shape index (κ3) is 2.30. The first-order valence-corrected chi connectivity index (χ1v) is 6.23. The van der Waals surface area contributed by atoms with Crippen LogP contribution in [0.5, 0.6) is 0 Å². The maximum Gasteiger partial charge on any atom is 0.295 e. The SMILES string of the molecule is CCc1ccc(N)c(CC)c1S(=O)(=O)O. The summed E-state index contributed by atoms with van der Waals surface area (Å²) in [6.07, 6.45) is 1.02. The second kappa shape index (κ2) is 4.20. The summed E-state index contributed by atoms with van der Waals surface area (Å²) in [4.78, 5) is -0.0208. The van der Waals surface area contributed by atoms with E-state index in [-0.39, 0.29) is 4.90 Å². The Labute approximate surface area is 89.9 Å². The fraction of sp³-hybridized carbons (Fsp3) is 0.400. The summed E-state index contributed by atoms with van der Waals surface area (Å²) in [5.74, 6) is 0. The van der Waals surface area contributed by atoms with Crippen molar-refractivity contribution < 1.29 is 13.0 Å². The minimum Gasteiger partial charge on any atom is -0.398 e. The van der Waals surface area contributed by atoms with Crippen LogP contribution < -0.4 is 5.73 Å². The maximum absolute atomic E-state index is 11.2. The number of rotatable bonds is 3. The van der Waals surface area contributed by atoms with Crippen molar-refractivity contribution in [3.8, 4) is 0 Å². The molecule has 0 amide bonds. The molecule has 0 aliphatic heterocycles. The lowest BCUT2D eigenvalue weighted by atomic mass is 10.0. The van der Waals surface area contributed by atoms with Crippen LogP contribution in [0.25, 0.3) is 0 Å². The molecular weight excluding hydrogens is 214 g/mol. The van der Waals surface area contributed by atoms with E-state index in [0.717, 1.165) is 0 Å². The first-order chi connectivity index (χ1) is 6.91. The largest absolute Gasteiger partial charge is 0.398 e. The van der Waals surface area contributed by atoms with Crippen LogP contribution in [0.3, 0.4) is 0 Å². The van der Waals surface area contributed by atoms with Gasteiger partial charge in [-0.3, -0.25) is 4.55 Å². The number of aryl methyl sites for hydroxylation is 1. The van der Waals surface area contributed by atoms with Crippen molar-refractivity contribution in [2.75, 3.05) is 5.73 Å². The Morgan fingerprint density at radius 3 is 2.27 bits per heavy atom. The molecule has 84 valence electrons. The lowest BCUT2D eigenvalue weighted by molar-refractivity contribution is 0.481. The van der Waals surface area contributed by atoms with E-state index in [9.17, 15) is 8.42 Å². The van der Waals surface area contributed by atoms with Gasteiger partial charge in [0.15, 0.2) is 0 Å². The second-order valence-corrected chi connectivity index (χ2v) is 4.66. The Morgan fingerprint density at radius 1 is 1.27 bits per heavy atom. The first kappa shape index (κ1) is 12.0. The van der Waals surface area contributed by atoms with Crippen molar-refractivity contribution in [1.82, 2.24) is 0 Å². The minimum absolute atomic E-state index is 0.0208. The van der Waals surface area contributed by atoms with Gasteiger partial charge < -0.3 is 5.73 Å². The molecule has 0 heterocycles. The van der Waals surface area contributed by atoms with Gasteiger partial charge in [0.1, 0.15) is 4.90 Å². The van der Waals surface area contributed by atoms with Crippen molar-refractivity contribution in [1.29, 1.82) is 0 Å². The molecule has 0 aliphatic rings. The highest BCUT2D eigenvalue weighted by molar-refractivity contribution is 7.86. The summed E-state index contributed by atoms with van der Waals surface area (Å²) in [6.45, 7) is 3.64. The molecule has 4 nitrogen and oxygen atoms in total. The molecule has 0 fully saturated rings. The zero-order valence-electron chi connectivity index (χ0n) is 8.82. The Hall–Kier alpha value is -1.07. The molecule has 1 rings (SSSR count). The molecule has 0 unspecified atom stereocenters. The Balaban J connectivity index is 3.63. The standard InChI is InChI=1S/C10H15NO3S/c1-3-7-5-6-9(11)8(4-2)10(7)15(12,13)14/h5-6H,3-4,11H2,1-2H3,(H,12,13,14). The fourth-order valence-corrected chi connectivity index (χ4v) is 2.77. The zero-order chi connectivity index (χ0) is 11.6. The predicted octanol–water partition coefficient (Wildman–Crippen LogP) is 1.64. The molecule has 3 N–H and O–H groups in total. The average Bonchev–Trinajstić information content (AvgIpc) is 2.15. The lowest BCUT2D eigenvalue weighted by Gasteiger charge is -2.12. The van der Waals surface area contributed by atoms with Crippen LogP contribution in [0, 0.1) is 0 Å². The number of anilines is 1. The summed E-state index contributed by atoms with van der Waals surface area (Å²) in [5.41, 5.74) is 7.18. The zero-order valence-corrected chi connectivity index (χ0v) is 9.63. The monoisotopic (exact) mass is 229 g/mol. The molecule has 1 aromatic rings. The smallest absolute Gasteiger partial charge is 0.295 e. The highest BCUT2D eigenvalue weighted by Gasteiger charge is 2.20. The van der Waals surface area contributed by atoms with Crippen LogP contribution in [-0.4, -0.2) is 13.0 Å². The van der Waals surface area contributed by atoms with E-state index >= 15 is 0 Å². The van der Waals surface area contributed by atoms with Crippen LogP contribution >= 0.6 is 0 Å². The summed E-state index contributed by atoms with van der Waals surface area (Å²) in [5, 5.41) is 0. The molecule has 15 heavy (non-hydrogen) atoms. The summed E-state index contributed by atoms with van der Waals surface area (Å²) in [7, 11) is -4.19. The normalized spacial score (nSPS) is 11.7. The van der Waals surface area contributed by atoms with Gasteiger partial charge in [-0.25, -0.2) is 0 Å². The number of hydrogen-bond donors (Lipinski definition) is 2. The molecule has 5 heteroatoms. The molecule has 0 aromatic heterocycles. The van der Waals surface area contributed by atoms with Crippen molar-refractivity contribution in [3.05, 3.63) is 23.3 Å². The van der Waals surface area contributed by atoms with Gasteiger partial charge in [-0.2, -0.15) is 8.42 Å². The van der Waals surface area contributed by atoms with E-state index in [1.54, 1.807) is 19.1 Å². The third-order valence-corrected chi connectivity index (χ3v) is 3.40.